The highest BCUT2D eigenvalue weighted by Gasteiger charge is 2.31. The van der Waals surface area contributed by atoms with E-state index in [1.54, 1.807) is 5.51 Å². The maximum Gasteiger partial charge on any atom is 0.265 e. The number of rotatable bonds is 4. The molecule has 0 bridgehead atoms. The highest BCUT2D eigenvalue weighted by molar-refractivity contribution is 7.11. The van der Waals surface area contributed by atoms with Gasteiger partial charge in [0.05, 0.1) is 11.2 Å². The first kappa shape index (κ1) is 17.6. The second-order valence-corrected chi connectivity index (χ2v) is 7.19. The Bertz CT molecular complexity index is 744. The molecule has 0 unspecified atom stereocenters. The number of carbonyl (C=O) groups excluding carboxylic acids is 2. The van der Waals surface area contributed by atoms with Crippen LogP contribution in [0.2, 0.25) is 0 Å². The maximum absolute atomic E-state index is 12.8. The maximum atomic E-state index is 12.8. The molecular weight excluding hydrogens is 334 g/mol. The summed E-state index contributed by atoms with van der Waals surface area (Å²) in [6.45, 7) is 5.56. The molecule has 6 heteroatoms. The Kier molecular flexibility index (Phi) is 5.48. The van der Waals surface area contributed by atoms with Crippen LogP contribution in [0.4, 0.5) is 0 Å². The van der Waals surface area contributed by atoms with Crippen LogP contribution in [0.1, 0.15) is 40.7 Å². The summed E-state index contributed by atoms with van der Waals surface area (Å²) in [4.78, 5) is 34.1. The molecule has 25 heavy (non-hydrogen) atoms. The molecule has 0 saturated carbocycles. The monoisotopic (exact) mass is 357 g/mol. The smallest absolute Gasteiger partial charge is 0.265 e. The molecule has 1 aromatic heterocycles. The number of hydrogen-bond acceptors (Lipinski definition) is 4. The normalized spacial score (nSPS) is 18.3. The summed E-state index contributed by atoms with van der Waals surface area (Å²) in [5, 5.41) is 0. The molecule has 0 radical (unpaired) electrons. The molecule has 1 aliphatic rings. The fraction of sp³-hybridized carbons (Fsp3) is 0.421. The fourth-order valence-electron chi connectivity index (χ4n) is 3.20. The number of benzene rings is 1. The van der Waals surface area contributed by atoms with Crippen LogP contribution in [0, 0.1) is 6.92 Å². The first-order chi connectivity index (χ1) is 12.1. The highest BCUT2D eigenvalue weighted by atomic mass is 32.1. The van der Waals surface area contributed by atoms with E-state index in [1.165, 1.54) is 11.3 Å². The molecule has 2 heterocycles. The molecule has 1 aliphatic heterocycles. The molecule has 132 valence electrons. The van der Waals surface area contributed by atoms with Gasteiger partial charge in [0.25, 0.3) is 5.91 Å². The molecule has 2 aromatic rings. The summed E-state index contributed by atoms with van der Waals surface area (Å²) in [5.41, 5.74) is 3.58. The number of thiazole rings is 1. The molecule has 1 aromatic carbocycles. The predicted octanol–water partition coefficient (Wildman–Crippen LogP) is 3.10. The van der Waals surface area contributed by atoms with Crippen molar-refractivity contribution in [1.82, 2.24) is 14.8 Å². The van der Waals surface area contributed by atoms with Crippen LogP contribution in [-0.2, 0) is 11.3 Å². The van der Waals surface area contributed by atoms with Gasteiger partial charge >= 0.3 is 0 Å². The van der Waals surface area contributed by atoms with Crippen LogP contribution in [0.5, 0.6) is 0 Å². The van der Waals surface area contributed by atoms with E-state index in [0.717, 1.165) is 17.7 Å². The first-order valence-electron chi connectivity index (χ1n) is 8.63. The zero-order valence-electron chi connectivity index (χ0n) is 14.6. The Labute approximate surface area is 152 Å². The van der Waals surface area contributed by atoms with Gasteiger partial charge in [-0.2, -0.15) is 0 Å². The van der Waals surface area contributed by atoms with E-state index in [2.05, 4.69) is 11.9 Å². The van der Waals surface area contributed by atoms with Crippen molar-refractivity contribution in [2.75, 3.05) is 13.1 Å². The van der Waals surface area contributed by atoms with Crippen LogP contribution in [0.3, 0.4) is 0 Å². The zero-order valence-corrected chi connectivity index (χ0v) is 15.5. The minimum absolute atomic E-state index is 0.00666. The van der Waals surface area contributed by atoms with Crippen molar-refractivity contribution >= 4 is 23.2 Å². The van der Waals surface area contributed by atoms with E-state index in [4.69, 9.17) is 0 Å². The topological polar surface area (TPSA) is 53.5 Å². The Morgan fingerprint density at radius 1 is 1.32 bits per heavy atom. The van der Waals surface area contributed by atoms with E-state index in [9.17, 15) is 9.59 Å². The molecule has 1 saturated heterocycles. The Hall–Kier alpha value is -2.21. The highest BCUT2D eigenvalue weighted by Crippen LogP contribution is 2.21. The summed E-state index contributed by atoms with van der Waals surface area (Å²) in [6, 6.07) is 10.1. The van der Waals surface area contributed by atoms with Crippen molar-refractivity contribution in [3.05, 3.63) is 52.0 Å². The van der Waals surface area contributed by atoms with Crippen molar-refractivity contribution < 1.29 is 9.59 Å². The van der Waals surface area contributed by atoms with Gasteiger partial charge < -0.3 is 9.80 Å². The molecule has 0 spiro atoms. The fourth-order valence-corrected chi connectivity index (χ4v) is 3.97. The average Bonchev–Trinajstić information content (AvgIpc) is 2.99. The van der Waals surface area contributed by atoms with Gasteiger partial charge in [-0.15, -0.1) is 11.3 Å². The van der Waals surface area contributed by atoms with E-state index in [-0.39, 0.29) is 17.9 Å². The number of aryl methyl sites for hydroxylation is 1. The lowest BCUT2D eigenvalue weighted by Crippen LogP contribution is -2.43. The number of nitrogens with zero attached hydrogens (tertiary/aromatic N) is 3. The third-order valence-corrected chi connectivity index (χ3v) is 5.60. The van der Waals surface area contributed by atoms with Gasteiger partial charge in [0.1, 0.15) is 4.88 Å². The number of aromatic nitrogens is 1. The minimum Gasteiger partial charge on any atom is -0.335 e. The van der Waals surface area contributed by atoms with Crippen molar-refractivity contribution in [2.45, 2.75) is 39.3 Å². The zero-order chi connectivity index (χ0) is 17.8. The molecule has 3 rings (SSSR count). The van der Waals surface area contributed by atoms with Crippen LogP contribution in [-0.4, -0.2) is 45.7 Å². The Balaban J connectivity index is 1.79. The summed E-state index contributed by atoms with van der Waals surface area (Å²) < 4.78 is 0. The first-order valence-corrected chi connectivity index (χ1v) is 9.51. The summed E-state index contributed by atoms with van der Waals surface area (Å²) >= 11 is 1.37. The van der Waals surface area contributed by atoms with Crippen LogP contribution >= 0.6 is 11.3 Å². The van der Waals surface area contributed by atoms with Crippen molar-refractivity contribution in [1.29, 1.82) is 0 Å². The van der Waals surface area contributed by atoms with Crippen molar-refractivity contribution in [3.8, 4) is 0 Å². The van der Waals surface area contributed by atoms with Crippen molar-refractivity contribution in [3.63, 3.8) is 0 Å². The number of carbonyl (C=O) groups is 2. The molecule has 0 aliphatic carbocycles. The van der Waals surface area contributed by atoms with Gasteiger partial charge in [-0.3, -0.25) is 9.59 Å². The van der Waals surface area contributed by atoms with E-state index in [1.807, 2.05) is 47.1 Å². The number of amides is 2. The summed E-state index contributed by atoms with van der Waals surface area (Å²) in [7, 11) is 0. The Morgan fingerprint density at radius 3 is 2.72 bits per heavy atom. The lowest BCUT2D eigenvalue weighted by atomic mass is 10.1. The van der Waals surface area contributed by atoms with Gasteiger partial charge in [-0.1, -0.05) is 37.3 Å². The second kappa shape index (κ2) is 7.78. The van der Waals surface area contributed by atoms with Crippen molar-refractivity contribution in [2.24, 2.45) is 0 Å². The van der Waals surface area contributed by atoms with E-state index < -0.39 is 0 Å². The largest absolute Gasteiger partial charge is 0.335 e. The van der Waals surface area contributed by atoms with Gasteiger partial charge in [-0.05, 0) is 18.9 Å². The molecular formula is C19H23N3O2S. The molecule has 1 fully saturated rings. The molecule has 1 atom stereocenters. The number of hydrogen-bond donors (Lipinski definition) is 0. The minimum atomic E-state index is -0.00666. The molecule has 2 amide bonds. The third kappa shape index (κ3) is 3.90. The standard InChI is InChI=1S/C19H23N3O2S/c1-3-16-12-21(19(24)18-14(2)20-13-25-18)10-9-17(23)22(16)11-15-7-5-4-6-8-15/h4-8,13,16H,3,9-12H2,1-2H3/t16-/m0/s1. The predicted molar refractivity (Wildman–Crippen MR) is 98.4 cm³/mol. The lowest BCUT2D eigenvalue weighted by molar-refractivity contribution is -0.133. The average molecular weight is 357 g/mol. The second-order valence-electron chi connectivity index (χ2n) is 6.34. The van der Waals surface area contributed by atoms with Gasteiger partial charge in [0.15, 0.2) is 0 Å². The third-order valence-electron chi connectivity index (χ3n) is 4.68. The quantitative estimate of drug-likeness (QED) is 0.845. The van der Waals surface area contributed by atoms with Gasteiger partial charge in [0.2, 0.25) is 5.91 Å². The molecule has 0 N–H and O–H groups in total. The van der Waals surface area contributed by atoms with Crippen LogP contribution < -0.4 is 0 Å². The summed E-state index contributed by atoms with van der Waals surface area (Å²) in [5.74, 6) is 0.111. The summed E-state index contributed by atoms with van der Waals surface area (Å²) in [6.07, 6.45) is 1.19. The SMILES string of the molecule is CC[C@H]1CN(C(=O)c2scnc2C)CCC(=O)N1Cc1ccccc1. The Morgan fingerprint density at radius 2 is 2.08 bits per heavy atom. The van der Waals surface area contributed by atoms with Gasteiger partial charge in [-0.25, -0.2) is 4.98 Å². The van der Waals surface area contributed by atoms with Crippen LogP contribution in [0.25, 0.3) is 0 Å². The van der Waals surface area contributed by atoms with Gasteiger partial charge in [0, 0.05) is 32.1 Å². The lowest BCUT2D eigenvalue weighted by Gasteiger charge is -2.31. The van der Waals surface area contributed by atoms with E-state index >= 15 is 0 Å². The van der Waals surface area contributed by atoms with Crippen LogP contribution in [0.15, 0.2) is 35.8 Å². The molecule has 5 nitrogen and oxygen atoms in total. The van der Waals surface area contributed by atoms with E-state index in [0.29, 0.717) is 30.9 Å².